The van der Waals surface area contributed by atoms with Crippen LogP contribution in [0.2, 0.25) is 0 Å². The lowest BCUT2D eigenvalue weighted by Crippen LogP contribution is -2.03. The summed E-state index contributed by atoms with van der Waals surface area (Å²) < 4.78 is 2.02. The molecule has 0 amide bonds. The molecule has 0 aliphatic rings. The number of aryl methyl sites for hydroxylation is 1. The maximum Gasteiger partial charge on any atom is 0.335 e. The number of hydrogen-bond donors (Lipinski definition) is 1. The van der Waals surface area contributed by atoms with Gasteiger partial charge in [-0.15, -0.1) is 0 Å². The summed E-state index contributed by atoms with van der Waals surface area (Å²) in [5, 5.41) is 9.08. The van der Waals surface area contributed by atoms with E-state index in [2.05, 4.69) is 11.1 Å². The summed E-state index contributed by atoms with van der Waals surface area (Å²) in [4.78, 5) is 15.5. The first-order valence-electron chi connectivity index (χ1n) is 7.04. The first kappa shape index (κ1) is 14.1. The lowest BCUT2D eigenvalue weighted by atomic mass is 10.1. The van der Waals surface area contributed by atoms with Crippen molar-refractivity contribution < 1.29 is 9.90 Å². The molecule has 4 heteroatoms. The van der Waals surface area contributed by atoms with E-state index < -0.39 is 5.97 Å². The molecule has 0 saturated heterocycles. The molecular weight excluding hydrogens is 276 g/mol. The van der Waals surface area contributed by atoms with Gasteiger partial charge in [-0.1, -0.05) is 35.9 Å². The van der Waals surface area contributed by atoms with Crippen LogP contribution in [0.1, 0.15) is 21.5 Å². The van der Waals surface area contributed by atoms with Crippen molar-refractivity contribution >= 4 is 5.97 Å². The van der Waals surface area contributed by atoms with Crippen LogP contribution in [0.25, 0.3) is 11.4 Å². The fourth-order valence-electron chi connectivity index (χ4n) is 2.48. The van der Waals surface area contributed by atoms with Crippen LogP contribution in [0.5, 0.6) is 0 Å². The molecule has 3 aromatic rings. The van der Waals surface area contributed by atoms with Gasteiger partial charge in [0.2, 0.25) is 0 Å². The van der Waals surface area contributed by atoms with E-state index in [9.17, 15) is 4.79 Å². The van der Waals surface area contributed by atoms with Gasteiger partial charge in [-0.25, -0.2) is 9.78 Å². The highest BCUT2D eigenvalue weighted by Gasteiger charge is 2.08. The van der Waals surface area contributed by atoms with Crippen LogP contribution in [0.3, 0.4) is 0 Å². The van der Waals surface area contributed by atoms with Crippen LogP contribution >= 0.6 is 0 Å². The molecule has 0 radical (unpaired) electrons. The predicted molar refractivity (Wildman–Crippen MR) is 84.9 cm³/mol. The molecule has 3 rings (SSSR count). The van der Waals surface area contributed by atoms with E-state index in [1.807, 2.05) is 42.0 Å². The van der Waals surface area contributed by atoms with Gasteiger partial charge in [0.25, 0.3) is 0 Å². The Morgan fingerprint density at radius 2 is 2.00 bits per heavy atom. The minimum Gasteiger partial charge on any atom is -0.478 e. The summed E-state index contributed by atoms with van der Waals surface area (Å²) in [6, 6.07) is 15.2. The average molecular weight is 292 g/mol. The summed E-state index contributed by atoms with van der Waals surface area (Å²) in [5.41, 5.74) is 3.47. The standard InChI is InChI=1S/C18H16N2O2/c1-13-4-2-6-15(10-13)17-19-8-9-20(17)12-14-5-3-7-16(11-14)18(21)22/h2-11H,12H2,1H3,(H,21,22). The summed E-state index contributed by atoms with van der Waals surface area (Å²) >= 11 is 0. The highest BCUT2D eigenvalue weighted by molar-refractivity contribution is 5.87. The topological polar surface area (TPSA) is 55.1 Å². The van der Waals surface area contributed by atoms with Crippen LogP contribution in [-0.2, 0) is 6.54 Å². The van der Waals surface area contributed by atoms with Crippen LogP contribution < -0.4 is 0 Å². The maximum atomic E-state index is 11.1. The van der Waals surface area contributed by atoms with Crippen molar-refractivity contribution in [3.8, 4) is 11.4 Å². The van der Waals surface area contributed by atoms with Crippen molar-refractivity contribution in [2.24, 2.45) is 0 Å². The second-order valence-electron chi connectivity index (χ2n) is 5.25. The highest BCUT2D eigenvalue weighted by atomic mass is 16.4. The SMILES string of the molecule is Cc1cccc(-c2nccn2Cc2cccc(C(=O)O)c2)c1. The van der Waals surface area contributed by atoms with Crippen LogP contribution in [0, 0.1) is 6.92 Å². The minimum atomic E-state index is -0.911. The average Bonchev–Trinajstić information content (AvgIpc) is 2.95. The molecule has 1 heterocycles. The molecule has 2 aromatic carbocycles. The van der Waals surface area contributed by atoms with E-state index in [1.165, 1.54) is 5.56 Å². The van der Waals surface area contributed by atoms with Gasteiger partial charge in [-0.05, 0) is 30.7 Å². The monoisotopic (exact) mass is 292 g/mol. The third-order valence-corrected chi connectivity index (χ3v) is 3.52. The molecule has 110 valence electrons. The van der Waals surface area contributed by atoms with Gasteiger partial charge in [-0.2, -0.15) is 0 Å². The number of carbonyl (C=O) groups is 1. The van der Waals surface area contributed by atoms with Crippen LogP contribution in [-0.4, -0.2) is 20.6 Å². The molecule has 0 atom stereocenters. The number of carboxylic acid groups (broad SMARTS) is 1. The fourth-order valence-corrected chi connectivity index (χ4v) is 2.48. The van der Waals surface area contributed by atoms with E-state index in [1.54, 1.807) is 24.4 Å². The van der Waals surface area contributed by atoms with Gasteiger partial charge in [0.1, 0.15) is 5.82 Å². The zero-order chi connectivity index (χ0) is 15.5. The molecule has 0 unspecified atom stereocenters. The van der Waals surface area contributed by atoms with Crippen LogP contribution in [0.4, 0.5) is 0 Å². The number of imidazole rings is 1. The Morgan fingerprint density at radius 3 is 2.77 bits per heavy atom. The number of aromatic nitrogens is 2. The van der Waals surface area contributed by atoms with Crippen molar-refractivity contribution in [1.82, 2.24) is 9.55 Å². The number of aromatic carboxylic acids is 1. The first-order chi connectivity index (χ1) is 10.6. The quantitative estimate of drug-likeness (QED) is 0.799. The van der Waals surface area contributed by atoms with Gasteiger partial charge in [0.05, 0.1) is 5.56 Å². The largest absolute Gasteiger partial charge is 0.478 e. The van der Waals surface area contributed by atoms with Gasteiger partial charge in [0, 0.05) is 24.5 Å². The van der Waals surface area contributed by atoms with Crippen LogP contribution in [0.15, 0.2) is 60.9 Å². The number of carboxylic acids is 1. The zero-order valence-corrected chi connectivity index (χ0v) is 12.2. The molecule has 4 nitrogen and oxygen atoms in total. The maximum absolute atomic E-state index is 11.1. The molecule has 0 fully saturated rings. The molecule has 0 aliphatic heterocycles. The molecule has 0 saturated carbocycles. The van der Waals surface area contributed by atoms with Gasteiger partial charge in [-0.3, -0.25) is 0 Å². The van der Waals surface area contributed by atoms with Crippen molar-refractivity contribution in [2.45, 2.75) is 13.5 Å². The third-order valence-electron chi connectivity index (χ3n) is 3.52. The highest BCUT2D eigenvalue weighted by Crippen LogP contribution is 2.20. The van der Waals surface area contributed by atoms with E-state index in [-0.39, 0.29) is 0 Å². The Labute approximate surface area is 128 Å². The third kappa shape index (κ3) is 2.91. The van der Waals surface area contributed by atoms with Gasteiger partial charge >= 0.3 is 5.97 Å². The lowest BCUT2D eigenvalue weighted by Gasteiger charge is -2.09. The normalized spacial score (nSPS) is 10.6. The first-order valence-corrected chi connectivity index (χ1v) is 7.04. The summed E-state index contributed by atoms with van der Waals surface area (Å²) in [6.45, 7) is 2.64. The molecule has 1 aromatic heterocycles. The van der Waals surface area contributed by atoms with Crippen molar-refractivity contribution in [2.75, 3.05) is 0 Å². The Bertz CT molecular complexity index is 821. The zero-order valence-electron chi connectivity index (χ0n) is 12.2. The van der Waals surface area contributed by atoms with E-state index >= 15 is 0 Å². The number of hydrogen-bond acceptors (Lipinski definition) is 2. The number of rotatable bonds is 4. The summed E-state index contributed by atoms with van der Waals surface area (Å²) in [7, 11) is 0. The van der Waals surface area contributed by atoms with E-state index in [0.717, 1.165) is 17.0 Å². The Morgan fingerprint density at radius 1 is 1.18 bits per heavy atom. The molecule has 0 bridgehead atoms. The Kier molecular flexibility index (Phi) is 3.74. The second kappa shape index (κ2) is 5.85. The number of nitrogens with zero attached hydrogens (tertiary/aromatic N) is 2. The fraction of sp³-hybridized carbons (Fsp3) is 0.111. The summed E-state index contributed by atoms with van der Waals surface area (Å²) in [5.74, 6) is -0.0317. The molecule has 0 aliphatic carbocycles. The Hall–Kier alpha value is -2.88. The molecule has 22 heavy (non-hydrogen) atoms. The van der Waals surface area contributed by atoms with Crippen molar-refractivity contribution in [3.05, 3.63) is 77.6 Å². The molecule has 1 N–H and O–H groups in total. The van der Waals surface area contributed by atoms with Gasteiger partial charge in [0.15, 0.2) is 0 Å². The second-order valence-corrected chi connectivity index (χ2v) is 5.25. The van der Waals surface area contributed by atoms with E-state index in [0.29, 0.717) is 12.1 Å². The van der Waals surface area contributed by atoms with Crippen molar-refractivity contribution in [3.63, 3.8) is 0 Å². The molecular formula is C18H16N2O2. The minimum absolute atomic E-state index is 0.301. The smallest absolute Gasteiger partial charge is 0.335 e. The Balaban J connectivity index is 1.93. The predicted octanol–water partition coefficient (Wildman–Crippen LogP) is 3.61. The lowest BCUT2D eigenvalue weighted by molar-refractivity contribution is 0.0696. The summed E-state index contributed by atoms with van der Waals surface area (Å²) in [6.07, 6.45) is 3.67. The van der Waals surface area contributed by atoms with E-state index in [4.69, 9.17) is 5.11 Å². The van der Waals surface area contributed by atoms with Crippen molar-refractivity contribution in [1.29, 1.82) is 0 Å². The molecule has 0 spiro atoms. The number of benzene rings is 2. The van der Waals surface area contributed by atoms with Gasteiger partial charge < -0.3 is 9.67 Å².